The molecule has 3 N–H and O–H groups in total. The van der Waals surface area contributed by atoms with Crippen LogP contribution in [0.1, 0.15) is 0 Å². The molecule has 0 unspecified atom stereocenters. The second-order valence-electron chi connectivity index (χ2n) is 2.13. The Balaban J connectivity index is 2.19. The number of rotatable bonds is 3. The van der Waals surface area contributed by atoms with E-state index in [2.05, 4.69) is 4.57 Å². The Morgan fingerprint density at radius 2 is 2.09 bits per heavy atom. The van der Waals surface area contributed by atoms with E-state index in [-0.39, 0.29) is 5.17 Å². The van der Waals surface area contributed by atoms with E-state index in [0.717, 1.165) is 12.3 Å². The summed E-state index contributed by atoms with van der Waals surface area (Å²) in [5.74, 6) is 0.865. The lowest BCUT2D eigenvalue weighted by molar-refractivity contribution is 0.779. The first-order valence-electron chi connectivity index (χ1n) is 3.36. The largest absolute Gasteiger partial charge is 0.379 e. The molecule has 0 spiro atoms. The molecule has 11 heavy (non-hydrogen) atoms. The minimum Gasteiger partial charge on any atom is -0.379 e. The summed E-state index contributed by atoms with van der Waals surface area (Å²) in [6.07, 6.45) is 4.00. The maximum atomic E-state index is 6.95. The Hall–Kier alpha value is -0.900. The van der Waals surface area contributed by atoms with E-state index in [1.807, 2.05) is 24.5 Å². The van der Waals surface area contributed by atoms with Gasteiger partial charge in [0.15, 0.2) is 5.17 Å². The molecule has 1 rings (SSSR count). The minimum atomic E-state index is 0.192. The zero-order valence-corrected chi connectivity index (χ0v) is 6.97. The van der Waals surface area contributed by atoms with Crippen molar-refractivity contribution in [2.45, 2.75) is 6.54 Å². The van der Waals surface area contributed by atoms with Gasteiger partial charge in [0.2, 0.25) is 0 Å². The van der Waals surface area contributed by atoms with Crippen molar-refractivity contribution in [2.75, 3.05) is 5.75 Å². The molecule has 0 saturated carbocycles. The van der Waals surface area contributed by atoms with Crippen LogP contribution in [0.4, 0.5) is 0 Å². The number of thioether (sulfide) groups is 1. The maximum Gasteiger partial charge on any atom is 0.151 e. The molecule has 0 bridgehead atoms. The molecule has 4 heteroatoms. The van der Waals surface area contributed by atoms with Gasteiger partial charge in [-0.1, -0.05) is 11.8 Å². The van der Waals surface area contributed by atoms with Crippen LogP contribution in [0.2, 0.25) is 0 Å². The standard InChI is InChI=1S/C7H11N3S/c8-7(9)11-6-5-10-3-1-2-4-10/h1-4H,5-6H2,(H3,8,9). The Labute approximate surface area is 70.1 Å². The van der Waals surface area contributed by atoms with Crippen LogP contribution >= 0.6 is 11.8 Å². The molecule has 0 saturated heterocycles. The van der Waals surface area contributed by atoms with Crippen LogP contribution in [0, 0.1) is 5.41 Å². The summed E-state index contributed by atoms with van der Waals surface area (Å²) in [7, 11) is 0. The van der Waals surface area contributed by atoms with E-state index >= 15 is 0 Å². The number of aryl methyl sites for hydroxylation is 1. The molecule has 0 aromatic carbocycles. The van der Waals surface area contributed by atoms with E-state index in [9.17, 15) is 0 Å². The van der Waals surface area contributed by atoms with Crippen molar-refractivity contribution in [3.05, 3.63) is 24.5 Å². The lowest BCUT2D eigenvalue weighted by Gasteiger charge is -2.00. The fraction of sp³-hybridized carbons (Fsp3) is 0.286. The van der Waals surface area contributed by atoms with Gasteiger partial charge in [0.05, 0.1) is 0 Å². The van der Waals surface area contributed by atoms with E-state index in [1.54, 1.807) is 0 Å². The average molecular weight is 169 g/mol. The zero-order valence-electron chi connectivity index (χ0n) is 6.16. The molecule has 0 aliphatic carbocycles. The van der Waals surface area contributed by atoms with Crippen LogP contribution in [0.25, 0.3) is 0 Å². The Kier molecular flexibility index (Phi) is 3.04. The molecule has 0 radical (unpaired) electrons. The van der Waals surface area contributed by atoms with Crippen molar-refractivity contribution in [1.29, 1.82) is 5.41 Å². The fourth-order valence-corrected chi connectivity index (χ4v) is 1.30. The smallest absolute Gasteiger partial charge is 0.151 e. The number of amidine groups is 1. The molecule has 0 fully saturated rings. The van der Waals surface area contributed by atoms with Gasteiger partial charge in [0.25, 0.3) is 0 Å². The topological polar surface area (TPSA) is 54.8 Å². The van der Waals surface area contributed by atoms with E-state index in [1.165, 1.54) is 11.8 Å². The van der Waals surface area contributed by atoms with Gasteiger partial charge in [-0.25, -0.2) is 0 Å². The predicted molar refractivity (Wildman–Crippen MR) is 48.8 cm³/mol. The molecule has 0 atom stereocenters. The Bertz CT molecular complexity index is 218. The van der Waals surface area contributed by atoms with Gasteiger partial charge >= 0.3 is 0 Å². The van der Waals surface area contributed by atoms with Crippen molar-refractivity contribution < 1.29 is 0 Å². The number of hydrogen-bond donors (Lipinski definition) is 2. The van der Waals surface area contributed by atoms with E-state index in [0.29, 0.717) is 0 Å². The van der Waals surface area contributed by atoms with Gasteiger partial charge in [-0.2, -0.15) is 0 Å². The summed E-state index contributed by atoms with van der Waals surface area (Å²) in [6, 6.07) is 3.97. The van der Waals surface area contributed by atoms with Crippen LogP contribution < -0.4 is 5.73 Å². The molecule has 1 aromatic heterocycles. The number of nitrogens with two attached hydrogens (primary N) is 1. The molecule has 0 aliphatic rings. The van der Waals surface area contributed by atoms with Gasteiger partial charge in [0.1, 0.15) is 0 Å². The third kappa shape index (κ3) is 3.13. The summed E-state index contributed by atoms with van der Waals surface area (Å²) >= 11 is 1.37. The molecular weight excluding hydrogens is 158 g/mol. The summed E-state index contributed by atoms with van der Waals surface area (Å²) < 4.78 is 2.07. The van der Waals surface area contributed by atoms with Gasteiger partial charge in [-0.3, -0.25) is 5.41 Å². The predicted octanol–water partition coefficient (Wildman–Crippen LogP) is 1.11. The quantitative estimate of drug-likeness (QED) is 0.526. The van der Waals surface area contributed by atoms with Gasteiger partial charge in [-0.15, -0.1) is 0 Å². The number of nitrogens with zero attached hydrogens (tertiary/aromatic N) is 1. The molecule has 0 amide bonds. The second kappa shape index (κ2) is 4.08. The molecule has 1 aromatic rings. The summed E-state index contributed by atoms with van der Waals surface area (Å²) in [6.45, 7) is 0.914. The van der Waals surface area contributed by atoms with Crippen LogP contribution in [0.5, 0.6) is 0 Å². The first kappa shape index (κ1) is 8.20. The minimum absolute atomic E-state index is 0.192. The highest BCUT2D eigenvalue weighted by Gasteiger charge is 1.91. The van der Waals surface area contributed by atoms with Crippen molar-refractivity contribution >= 4 is 16.9 Å². The van der Waals surface area contributed by atoms with Crippen molar-refractivity contribution in [3.8, 4) is 0 Å². The molecule has 0 aliphatic heterocycles. The molecule has 3 nitrogen and oxygen atoms in total. The second-order valence-corrected chi connectivity index (χ2v) is 3.27. The first-order chi connectivity index (χ1) is 5.29. The SMILES string of the molecule is N=C(N)SCCn1cccc1. The van der Waals surface area contributed by atoms with E-state index < -0.39 is 0 Å². The molecule has 60 valence electrons. The van der Waals surface area contributed by atoms with Crippen molar-refractivity contribution in [1.82, 2.24) is 4.57 Å². The highest BCUT2D eigenvalue weighted by Crippen LogP contribution is 1.99. The van der Waals surface area contributed by atoms with E-state index in [4.69, 9.17) is 11.1 Å². The van der Waals surface area contributed by atoms with Crippen molar-refractivity contribution in [3.63, 3.8) is 0 Å². The first-order valence-corrected chi connectivity index (χ1v) is 4.35. The zero-order chi connectivity index (χ0) is 8.10. The Morgan fingerprint density at radius 3 is 2.64 bits per heavy atom. The van der Waals surface area contributed by atoms with Crippen LogP contribution in [-0.4, -0.2) is 15.5 Å². The Morgan fingerprint density at radius 1 is 1.45 bits per heavy atom. The fourth-order valence-electron chi connectivity index (χ4n) is 0.780. The summed E-state index contributed by atoms with van der Waals surface area (Å²) in [4.78, 5) is 0. The highest BCUT2D eigenvalue weighted by molar-refractivity contribution is 8.13. The highest BCUT2D eigenvalue weighted by atomic mass is 32.2. The molecular formula is C7H11N3S. The maximum absolute atomic E-state index is 6.95. The number of hydrogen-bond acceptors (Lipinski definition) is 2. The number of aromatic nitrogens is 1. The summed E-state index contributed by atoms with van der Waals surface area (Å²) in [5, 5.41) is 7.15. The van der Waals surface area contributed by atoms with Crippen LogP contribution in [0.15, 0.2) is 24.5 Å². The van der Waals surface area contributed by atoms with Crippen LogP contribution in [0.3, 0.4) is 0 Å². The molecule has 1 heterocycles. The average Bonchev–Trinajstić information content (AvgIpc) is 2.39. The number of nitrogens with one attached hydrogen (secondary N) is 1. The third-order valence-electron chi connectivity index (χ3n) is 1.27. The third-order valence-corrected chi connectivity index (χ3v) is 1.97. The lowest BCUT2D eigenvalue weighted by Crippen LogP contribution is -2.07. The normalized spacial score (nSPS) is 9.82. The monoisotopic (exact) mass is 169 g/mol. The lowest BCUT2D eigenvalue weighted by atomic mass is 10.7. The van der Waals surface area contributed by atoms with Crippen LogP contribution in [-0.2, 0) is 6.54 Å². The van der Waals surface area contributed by atoms with Gasteiger partial charge in [0, 0.05) is 24.7 Å². The van der Waals surface area contributed by atoms with Crippen molar-refractivity contribution in [2.24, 2.45) is 5.73 Å². The van der Waals surface area contributed by atoms with Gasteiger partial charge < -0.3 is 10.3 Å². The van der Waals surface area contributed by atoms with Gasteiger partial charge in [-0.05, 0) is 12.1 Å². The summed E-state index contributed by atoms with van der Waals surface area (Å²) in [5.41, 5.74) is 5.17.